The molecule has 0 saturated heterocycles. The molecule has 0 saturated carbocycles. The van der Waals surface area contributed by atoms with Gasteiger partial charge in [-0.3, -0.25) is 4.79 Å². The van der Waals surface area contributed by atoms with Crippen LogP contribution in [0.15, 0.2) is 48.5 Å². The molecule has 0 atom stereocenters. The van der Waals surface area contributed by atoms with E-state index in [1.807, 2.05) is 54.9 Å². The zero-order valence-electron chi connectivity index (χ0n) is 17.0. The van der Waals surface area contributed by atoms with Crippen LogP contribution >= 0.6 is 22.9 Å². The van der Waals surface area contributed by atoms with E-state index in [1.165, 1.54) is 22.3 Å². The van der Waals surface area contributed by atoms with Crippen molar-refractivity contribution in [1.82, 2.24) is 14.7 Å². The Balaban J connectivity index is 1.57. The summed E-state index contributed by atoms with van der Waals surface area (Å²) in [7, 11) is 1.66. The maximum atomic E-state index is 12.2. The molecule has 3 aromatic rings. The molecule has 0 aliphatic heterocycles. The highest BCUT2D eigenvalue weighted by molar-refractivity contribution is 7.16. The summed E-state index contributed by atoms with van der Waals surface area (Å²) < 4.78 is 7.59. The molecule has 30 heavy (non-hydrogen) atoms. The van der Waals surface area contributed by atoms with Gasteiger partial charge >= 0.3 is 5.97 Å². The SMILES string of the molecule is Cc1nn(-c2ccccc2)c(C)c1/C=C/C(=O)OCC(=O)N(C)Cc1ccc(Cl)s1. The first kappa shape index (κ1) is 21.8. The van der Waals surface area contributed by atoms with Gasteiger partial charge in [0, 0.05) is 29.3 Å². The molecule has 1 aromatic carbocycles. The number of esters is 1. The van der Waals surface area contributed by atoms with Crippen molar-refractivity contribution in [3.63, 3.8) is 0 Å². The molecule has 2 aromatic heterocycles. The number of carbonyl (C=O) groups excluding carboxylic acids is 2. The first-order chi connectivity index (χ1) is 14.3. The molecule has 0 spiro atoms. The number of benzene rings is 1. The van der Waals surface area contributed by atoms with E-state index >= 15 is 0 Å². The molecule has 3 rings (SSSR count). The van der Waals surface area contributed by atoms with Gasteiger partial charge in [0.25, 0.3) is 5.91 Å². The van der Waals surface area contributed by atoms with Gasteiger partial charge in [-0.15, -0.1) is 11.3 Å². The van der Waals surface area contributed by atoms with Gasteiger partial charge < -0.3 is 9.64 Å². The Morgan fingerprint density at radius 3 is 2.60 bits per heavy atom. The number of ether oxygens (including phenoxy) is 1. The second-order valence-corrected chi connectivity index (χ2v) is 8.53. The molecule has 0 bridgehead atoms. The number of hydrogen-bond acceptors (Lipinski definition) is 5. The third-order valence-corrected chi connectivity index (χ3v) is 5.74. The van der Waals surface area contributed by atoms with Gasteiger partial charge in [0.05, 0.1) is 22.3 Å². The monoisotopic (exact) mass is 443 g/mol. The van der Waals surface area contributed by atoms with Gasteiger partial charge in [-0.1, -0.05) is 29.8 Å². The van der Waals surface area contributed by atoms with Crippen LogP contribution in [0.4, 0.5) is 0 Å². The fraction of sp³-hybridized carbons (Fsp3) is 0.227. The van der Waals surface area contributed by atoms with E-state index in [-0.39, 0.29) is 12.5 Å². The zero-order chi connectivity index (χ0) is 21.7. The van der Waals surface area contributed by atoms with Crippen molar-refractivity contribution in [3.8, 4) is 5.69 Å². The lowest BCUT2D eigenvalue weighted by Gasteiger charge is -2.15. The summed E-state index contributed by atoms with van der Waals surface area (Å²) in [5, 5.41) is 4.54. The quantitative estimate of drug-likeness (QED) is 0.400. The Labute approximate surface area is 184 Å². The minimum Gasteiger partial charge on any atom is -0.452 e. The summed E-state index contributed by atoms with van der Waals surface area (Å²) in [6, 6.07) is 13.4. The van der Waals surface area contributed by atoms with E-state index in [0.717, 1.165) is 27.5 Å². The number of rotatable bonds is 7. The molecule has 156 valence electrons. The van der Waals surface area contributed by atoms with Crippen LogP contribution in [0.2, 0.25) is 4.34 Å². The van der Waals surface area contributed by atoms with Crippen LogP contribution in [-0.4, -0.2) is 40.2 Å². The molecular formula is C22H22ClN3O3S. The number of likely N-dealkylation sites (N-methyl/N-ethyl adjacent to an activating group) is 1. The van der Waals surface area contributed by atoms with Crippen LogP contribution in [0.25, 0.3) is 11.8 Å². The lowest BCUT2D eigenvalue weighted by Crippen LogP contribution is -2.30. The van der Waals surface area contributed by atoms with Gasteiger partial charge in [0.1, 0.15) is 0 Å². The molecule has 0 fully saturated rings. The number of aromatic nitrogens is 2. The lowest BCUT2D eigenvalue weighted by molar-refractivity contribution is -0.147. The molecule has 0 N–H and O–H groups in total. The highest BCUT2D eigenvalue weighted by atomic mass is 35.5. The van der Waals surface area contributed by atoms with E-state index in [4.69, 9.17) is 16.3 Å². The predicted molar refractivity (Wildman–Crippen MR) is 119 cm³/mol. The first-order valence-electron chi connectivity index (χ1n) is 9.30. The molecule has 6 nitrogen and oxygen atoms in total. The number of nitrogens with zero attached hydrogens (tertiary/aromatic N) is 3. The van der Waals surface area contributed by atoms with Crippen molar-refractivity contribution < 1.29 is 14.3 Å². The minimum absolute atomic E-state index is 0.287. The number of hydrogen-bond donors (Lipinski definition) is 0. The fourth-order valence-electron chi connectivity index (χ4n) is 2.92. The van der Waals surface area contributed by atoms with Crippen LogP contribution in [-0.2, 0) is 20.9 Å². The summed E-state index contributed by atoms with van der Waals surface area (Å²) in [6.45, 7) is 3.92. The van der Waals surface area contributed by atoms with Crippen LogP contribution in [0.5, 0.6) is 0 Å². The van der Waals surface area contributed by atoms with E-state index in [1.54, 1.807) is 19.2 Å². The number of halogens is 1. The Kier molecular flexibility index (Phi) is 7.07. The minimum atomic E-state index is -0.581. The molecule has 0 aliphatic carbocycles. The normalized spacial score (nSPS) is 11.1. The van der Waals surface area contributed by atoms with Crippen molar-refractivity contribution in [2.45, 2.75) is 20.4 Å². The van der Waals surface area contributed by atoms with Crippen molar-refractivity contribution >= 4 is 40.9 Å². The Morgan fingerprint density at radius 1 is 1.20 bits per heavy atom. The highest BCUT2D eigenvalue weighted by Gasteiger charge is 2.14. The van der Waals surface area contributed by atoms with Crippen molar-refractivity contribution in [3.05, 3.63) is 74.7 Å². The smallest absolute Gasteiger partial charge is 0.331 e. The zero-order valence-corrected chi connectivity index (χ0v) is 18.5. The van der Waals surface area contributed by atoms with Gasteiger partial charge in [-0.05, 0) is 44.2 Å². The maximum Gasteiger partial charge on any atom is 0.331 e. The Hall–Kier alpha value is -2.90. The molecule has 1 amide bonds. The Bertz CT molecular complexity index is 1070. The summed E-state index contributed by atoms with van der Waals surface area (Å²) >= 11 is 7.31. The van der Waals surface area contributed by atoms with Gasteiger partial charge in [-0.2, -0.15) is 5.10 Å². The van der Waals surface area contributed by atoms with Crippen LogP contribution in [0, 0.1) is 13.8 Å². The van der Waals surface area contributed by atoms with E-state index in [9.17, 15) is 9.59 Å². The van der Waals surface area contributed by atoms with Crippen LogP contribution in [0.3, 0.4) is 0 Å². The fourth-order valence-corrected chi connectivity index (χ4v) is 4.06. The molecule has 0 radical (unpaired) electrons. The van der Waals surface area contributed by atoms with E-state index in [2.05, 4.69) is 5.10 Å². The second kappa shape index (κ2) is 9.73. The first-order valence-corrected chi connectivity index (χ1v) is 10.5. The molecule has 0 unspecified atom stereocenters. The van der Waals surface area contributed by atoms with Crippen molar-refractivity contribution in [2.75, 3.05) is 13.7 Å². The van der Waals surface area contributed by atoms with E-state index < -0.39 is 5.97 Å². The number of carbonyl (C=O) groups is 2. The highest BCUT2D eigenvalue weighted by Crippen LogP contribution is 2.22. The third-order valence-electron chi connectivity index (χ3n) is 4.52. The average molecular weight is 444 g/mol. The lowest BCUT2D eigenvalue weighted by atomic mass is 10.2. The van der Waals surface area contributed by atoms with Gasteiger partial charge in [0.15, 0.2) is 6.61 Å². The number of thiophene rings is 1. The third kappa shape index (κ3) is 5.37. The second-order valence-electron chi connectivity index (χ2n) is 6.73. The Morgan fingerprint density at radius 2 is 1.93 bits per heavy atom. The summed E-state index contributed by atoms with van der Waals surface area (Å²) in [4.78, 5) is 26.7. The topological polar surface area (TPSA) is 64.4 Å². The van der Waals surface area contributed by atoms with Crippen LogP contribution in [0.1, 0.15) is 21.8 Å². The predicted octanol–water partition coefficient (Wildman–Crippen LogP) is 4.42. The van der Waals surface area contributed by atoms with Crippen molar-refractivity contribution in [2.24, 2.45) is 0 Å². The largest absolute Gasteiger partial charge is 0.452 e. The number of amides is 1. The number of para-hydroxylation sites is 1. The standard InChI is InChI=1S/C22H22ClN3O3S/c1-15-19(16(2)26(24-15)17-7-5-4-6-8-17)10-12-22(28)29-14-21(27)25(3)13-18-9-11-20(23)30-18/h4-12H,13-14H2,1-3H3/b12-10+. The maximum absolute atomic E-state index is 12.2. The van der Waals surface area contributed by atoms with E-state index in [0.29, 0.717) is 10.9 Å². The summed E-state index contributed by atoms with van der Waals surface area (Å²) in [5.74, 6) is -0.868. The molecule has 2 heterocycles. The van der Waals surface area contributed by atoms with Crippen LogP contribution < -0.4 is 0 Å². The van der Waals surface area contributed by atoms with Crippen molar-refractivity contribution in [1.29, 1.82) is 0 Å². The summed E-state index contributed by atoms with van der Waals surface area (Å²) in [6.07, 6.45) is 2.99. The average Bonchev–Trinajstić information content (AvgIpc) is 3.27. The van der Waals surface area contributed by atoms with Gasteiger partial charge in [0.2, 0.25) is 0 Å². The number of aryl methyl sites for hydroxylation is 1. The molecule has 0 aliphatic rings. The molecular weight excluding hydrogens is 422 g/mol. The summed E-state index contributed by atoms with van der Waals surface area (Å²) in [5.41, 5.74) is 3.49. The molecule has 8 heteroatoms. The van der Waals surface area contributed by atoms with Gasteiger partial charge in [-0.25, -0.2) is 9.48 Å².